The van der Waals surface area contributed by atoms with Crippen LogP contribution in [0, 0.1) is 5.41 Å². The Kier molecular flexibility index (Phi) is 5.98. The standard InChI is InChI=1S/C13H24N2O4S/c1-4-13(11(16)17)6-5-7-15(9-13)12(18)14-10(2)8-20(3)19/h10H,4-9H2,1-3H3,(H,14,18)(H,16,17). The first-order valence-electron chi connectivity index (χ1n) is 6.89. The monoisotopic (exact) mass is 304 g/mol. The smallest absolute Gasteiger partial charge is 0.317 e. The fraction of sp³-hybridized carbons (Fsp3) is 0.846. The second-order valence-electron chi connectivity index (χ2n) is 5.55. The number of urea groups is 1. The Morgan fingerprint density at radius 1 is 1.50 bits per heavy atom. The number of rotatable bonds is 5. The molecule has 0 aromatic heterocycles. The lowest BCUT2D eigenvalue weighted by atomic mass is 9.78. The van der Waals surface area contributed by atoms with Gasteiger partial charge in [0, 0.05) is 41.9 Å². The van der Waals surface area contributed by atoms with Crippen LogP contribution in [0.15, 0.2) is 0 Å². The lowest BCUT2D eigenvalue weighted by Crippen LogP contribution is -2.54. The number of carboxylic acids is 1. The van der Waals surface area contributed by atoms with Crippen molar-refractivity contribution >= 4 is 22.8 Å². The van der Waals surface area contributed by atoms with Crippen LogP contribution < -0.4 is 5.32 Å². The molecule has 1 aliphatic rings. The van der Waals surface area contributed by atoms with E-state index >= 15 is 0 Å². The first kappa shape index (κ1) is 16.9. The molecule has 116 valence electrons. The van der Waals surface area contributed by atoms with Crippen LogP contribution in [0.1, 0.15) is 33.1 Å². The van der Waals surface area contributed by atoms with Crippen LogP contribution in [0.5, 0.6) is 0 Å². The largest absolute Gasteiger partial charge is 0.481 e. The molecule has 2 N–H and O–H groups in total. The molecule has 3 atom stereocenters. The number of nitrogens with zero attached hydrogens (tertiary/aromatic N) is 1. The highest BCUT2D eigenvalue weighted by molar-refractivity contribution is 7.84. The Morgan fingerprint density at radius 2 is 2.15 bits per heavy atom. The molecule has 20 heavy (non-hydrogen) atoms. The Hall–Kier alpha value is -1.11. The van der Waals surface area contributed by atoms with Crippen molar-refractivity contribution in [3.63, 3.8) is 0 Å². The number of carbonyl (C=O) groups is 2. The molecule has 1 rings (SSSR count). The van der Waals surface area contributed by atoms with E-state index in [1.165, 1.54) is 0 Å². The predicted molar refractivity (Wildman–Crippen MR) is 78.1 cm³/mol. The zero-order valence-electron chi connectivity index (χ0n) is 12.3. The number of carbonyl (C=O) groups excluding carboxylic acids is 1. The Morgan fingerprint density at radius 3 is 2.65 bits per heavy atom. The molecule has 0 aromatic carbocycles. The van der Waals surface area contributed by atoms with Gasteiger partial charge in [0.25, 0.3) is 0 Å². The van der Waals surface area contributed by atoms with Gasteiger partial charge in [-0.15, -0.1) is 0 Å². The maximum atomic E-state index is 12.1. The second kappa shape index (κ2) is 7.06. The van der Waals surface area contributed by atoms with Gasteiger partial charge in [-0.2, -0.15) is 0 Å². The summed E-state index contributed by atoms with van der Waals surface area (Å²) in [6, 6.07) is -0.446. The molecule has 1 heterocycles. The van der Waals surface area contributed by atoms with Gasteiger partial charge in [0.05, 0.1) is 5.41 Å². The highest BCUT2D eigenvalue weighted by Gasteiger charge is 2.42. The van der Waals surface area contributed by atoms with Crippen molar-refractivity contribution in [2.75, 3.05) is 25.1 Å². The SMILES string of the molecule is CCC1(C(=O)O)CCCN(C(=O)NC(C)CS(C)=O)C1. The minimum absolute atomic E-state index is 0.184. The predicted octanol–water partition coefficient (Wildman–Crippen LogP) is 1.04. The number of likely N-dealkylation sites (tertiary alicyclic amines) is 1. The van der Waals surface area contributed by atoms with E-state index in [1.807, 2.05) is 6.92 Å². The zero-order chi connectivity index (χ0) is 15.3. The fourth-order valence-corrected chi connectivity index (χ4v) is 3.40. The van der Waals surface area contributed by atoms with Crippen LogP contribution in [0.4, 0.5) is 4.79 Å². The van der Waals surface area contributed by atoms with Crippen molar-refractivity contribution in [2.24, 2.45) is 5.41 Å². The van der Waals surface area contributed by atoms with Crippen LogP contribution in [0.25, 0.3) is 0 Å². The topological polar surface area (TPSA) is 86.7 Å². The lowest BCUT2D eigenvalue weighted by Gasteiger charge is -2.39. The van der Waals surface area contributed by atoms with E-state index in [1.54, 1.807) is 18.1 Å². The summed E-state index contributed by atoms with van der Waals surface area (Å²) in [6.07, 6.45) is 3.41. The fourth-order valence-electron chi connectivity index (χ4n) is 2.62. The van der Waals surface area contributed by atoms with Crippen molar-refractivity contribution in [3.05, 3.63) is 0 Å². The average molecular weight is 304 g/mol. The maximum absolute atomic E-state index is 12.1. The summed E-state index contributed by atoms with van der Waals surface area (Å²) < 4.78 is 11.1. The Labute approximate surface area is 122 Å². The summed E-state index contributed by atoms with van der Waals surface area (Å²) >= 11 is 0. The van der Waals surface area contributed by atoms with Gasteiger partial charge in [0.1, 0.15) is 0 Å². The van der Waals surface area contributed by atoms with Crippen LogP contribution in [0.2, 0.25) is 0 Å². The summed E-state index contributed by atoms with van der Waals surface area (Å²) in [5.74, 6) is -0.433. The number of nitrogens with one attached hydrogen (secondary N) is 1. The van der Waals surface area contributed by atoms with Crippen LogP contribution in [0.3, 0.4) is 0 Å². The maximum Gasteiger partial charge on any atom is 0.317 e. The van der Waals surface area contributed by atoms with Gasteiger partial charge in [-0.25, -0.2) is 4.79 Å². The summed E-state index contributed by atoms with van der Waals surface area (Å²) in [5, 5.41) is 12.2. The van der Waals surface area contributed by atoms with Gasteiger partial charge in [-0.1, -0.05) is 6.92 Å². The number of amides is 2. The van der Waals surface area contributed by atoms with Crippen molar-refractivity contribution in [3.8, 4) is 0 Å². The number of aliphatic carboxylic acids is 1. The van der Waals surface area contributed by atoms with Gasteiger partial charge in [0.15, 0.2) is 0 Å². The first-order chi connectivity index (χ1) is 9.30. The molecular formula is C13H24N2O4S. The molecule has 2 amide bonds. The highest BCUT2D eigenvalue weighted by Crippen LogP contribution is 2.33. The Balaban J connectivity index is 2.65. The van der Waals surface area contributed by atoms with E-state index in [0.29, 0.717) is 31.6 Å². The molecule has 0 radical (unpaired) electrons. The third kappa shape index (κ3) is 4.19. The highest BCUT2D eigenvalue weighted by atomic mass is 32.2. The lowest BCUT2D eigenvalue weighted by molar-refractivity contribution is -0.152. The van der Waals surface area contributed by atoms with Crippen molar-refractivity contribution in [2.45, 2.75) is 39.2 Å². The van der Waals surface area contributed by atoms with Crippen molar-refractivity contribution in [1.29, 1.82) is 0 Å². The second-order valence-corrected chi connectivity index (χ2v) is 7.03. The molecule has 0 saturated carbocycles. The quantitative estimate of drug-likeness (QED) is 0.794. The van der Waals surface area contributed by atoms with E-state index in [-0.39, 0.29) is 18.6 Å². The summed E-state index contributed by atoms with van der Waals surface area (Å²) in [7, 11) is -0.969. The van der Waals surface area contributed by atoms with E-state index in [4.69, 9.17) is 0 Å². The van der Waals surface area contributed by atoms with Crippen LogP contribution in [-0.2, 0) is 15.6 Å². The van der Waals surface area contributed by atoms with Gasteiger partial charge in [0.2, 0.25) is 0 Å². The summed E-state index contributed by atoms with van der Waals surface area (Å²) in [5.41, 5.74) is -0.827. The molecule has 1 aliphatic heterocycles. The van der Waals surface area contributed by atoms with Gasteiger partial charge < -0.3 is 15.3 Å². The first-order valence-corrected chi connectivity index (χ1v) is 8.62. The van der Waals surface area contributed by atoms with E-state index in [9.17, 15) is 18.9 Å². The third-order valence-corrected chi connectivity index (χ3v) is 4.82. The molecule has 1 fully saturated rings. The van der Waals surface area contributed by atoms with Crippen LogP contribution >= 0.6 is 0 Å². The molecule has 1 saturated heterocycles. The minimum Gasteiger partial charge on any atom is -0.481 e. The van der Waals surface area contributed by atoms with Crippen molar-refractivity contribution in [1.82, 2.24) is 10.2 Å². The van der Waals surface area contributed by atoms with E-state index in [2.05, 4.69) is 5.32 Å². The Bertz CT molecular complexity index is 402. The number of piperidine rings is 1. The minimum atomic E-state index is -0.969. The molecule has 0 aliphatic carbocycles. The summed E-state index contributed by atoms with van der Waals surface area (Å²) in [6.45, 7) is 4.46. The van der Waals surface area contributed by atoms with Crippen LogP contribution in [-0.4, -0.2) is 57.4 Å². The number of hydrogen-bond acceptors (Lipinski definition) is 3. The van der Waals surface area contributed by atoms with Gasteiger partial charge >= 0.3 is 12.0 Å². The van der Waals surface area contributed by atoms with Crippen molar-refractivity contribution < 1.29 is 18.9 Å². The molecule has 6 nitrogen and oxygen atoms in total. The molecule has 3 unspecified atom stereocenters. The molecule has 0 spiro atoms. The molecule has 7 heteroatoms. The number of carboxylic acid groups (broad SMARTS) is 1. The van der Waals surface area contributed by atoms with E-state index in [0.717, 1.165) is 0 Å². The average Bonchev–Trinajstić information content (AvgIpc) is 2.37. The third-order valence-electron chi connectivity index (χ3n) is 3.85. The molecular weight excluding hydrogens is 280 g/mol. The molecule has 0 bridgehead atoms. The normalized spacial score (nSPS) is 25.9. The van der Waals surface area contributed by atoms with E-state index < -0.39 is 22.2 Å². The van der Waals surface area contributed by atoms with Gasteiger partial charge in [-0.05, 0) is 26.2 Å². The zero-order valence-corrected chi connectivity index (χ0v) is 13.2. The number of hydrogen-bond donors (Lipinski definition) is 2. The summed E-state index contributed by atoms with van der Waals surface area (Å²) in [4.78, 5) is 25.1. The molecule has 0 aromatic rings. The van der Waals surface area contributed by atoms with Gasteiger partial charge in [-0.3, -0.25) is 9.00 Å².